The number of ether oxygens (including phenoxy) is 1. The molecule has 228 valence electrons. The normalized spacial score (nSPS) is 13.9. The summed E-state index contributed by atoms with van der Waals surface area (Å²) >= 11 is 0. The second-order valence-electron chi connectivity index (χ2n) is 11.7. The summed E-state index contributed by atoms with van der Waals surface area (Å²) < 4.78 is 11.4. The minimum Gasteiger partial charge on any atom is -0.471 e. The lowest BCUT2D eigenvalue weighted by atomic mass is 9.87. The van der Waals surface area contributed by atoms with Crippen LogP contribution >= 0.6 is 0 Å². The molecule has 1 atom stereocenters. The van der Waals surface area contributed by atoms with E-state index in [2.05, 4.69) is 113 Å². The minimum atomic E-state index is -0.331. The van der Waals surface area contributed by atoms with Crippen LogP contribution in [0.1, 0.15) is 11.9 Å². The fraction of sp³-hybridized carbons (Fsp3) is 0.0238. The Morgan fingerprint density at radius 3 is 1.88 bits per heavy atom. The molecule has 0 fully saturated rings. The van der Waals surface area contributed by atoms with Crippen LogP contribution in [0.2, 0.25) is 0 Å². The highest BCUT2D eigenvalue weighted by atomic mass is 16.5. The molecule has 0 amide bonds. The van der Waals surface area contributed by atoms with Gasteiger partial charge in [0.05, 0.1) is 17.6 Å². The van der Waals surface area contributed by atoms with E-state index in [-0.39, 0.29) is 6.23 Å². The van der Waals surface area contributed by atoms with Crippen molar-refractivity contribution < 1.29 is 9.15 Å². The van der Waals surface area contributed by atoms with Gasteiger partial charge in [-0.2, -0.15) is 0 Å². The Morgan fingerprint density at radius 2 is 1.15 bits per heavy atom. The number of aromatic nitrogens is 3. The van der Waals surface area contributed by atoms with E-state index in [1.165, 1.54) is 11.1 Å². The lowest BCUT2D eigenvalue weighted by Crippen LogP contribution is -2.13. The van der Waals surface area contributed by atoms with Crippen molar-refractivity contribution in [2.75, 3.05) is 0 Å². The number of oxazole rings is 1. The number of hydrogen-bond acceptors (Lipinski definition) is 6. The molecule has 0 saturated heterocycles. The Balaban J connectivity index is 1.29. The maximum atomic E-state index is 5.77. The van der Waals surface area contributed by atoms with E-state index < -0.39 is 0 Å². The van der Waals surface area contributed by atoms with Crippen molar-refractivity contribution in [1.29, 1.82) is 0 Å². The van der Waals surface area contributed by atoms with E-state index in [4.69, 9.17) is 19.1 Å². The van der Waals surface area contributed by atoms with E-state index >= 15 is 0 Å². The molecule has 0 radical (unpaired) electrons. The fourth-order valence-corrected chi connectivity index (χ4v) is 6.61. The molecule has 0 spiro atoms. The lowest BCUT2D eigenvalue weighted by Gasteiger charge is -2.19. The van der Waals surface area contributed by atoms with Gasteiger partial charge in [0.25, 0.3) is 0 Å². The first kappa shape index (κ1) is 27.8. The molecule has 0 bridgehead atoms. The average Bonchev–Trinajstić information content (AvgIpc) is 3.90. The van der Waals surface area contributed by atoms with Crippen molar-refractivity contribution in [2.24, 2.45) is 0 Å². The molecule has 0 saturated carbocycles. The van der Waals surface area contributed by atoms with Gasteiger partial charge in [-0.1, -0.05) is 103 Å². The number of hydrogen-bond donors (Lipinski definition) is 1. The van der Waals surface area contributed by atoms with Gasteiger partial charge in [-0.3, -0.25) is 0 Å². The van der Waals surface area contributed by atoms with Gasteiger partial charge >= 0.3 is 0 Å². The summed E-state index contributed by atoms with van der Waals surface area (Å²) in [5, 5.41) is 7.57. The Bertz CT molecular complexity index is 2450. The number of nitrogens with one attached hydrogen (secondary N) is 1. The molecular weight excluding hydrogens is 592 g/mol. The third kappa shape index (κ3) is 4.87. The molecule has 8 aromatic rings. The quantitative estimate of drug-likeness (QED) is 0.187. The highest BCUT2D eigenvalue weighted by Crippen LogP contribution is 2.44. The van der Waals surface area contributed by atoms with Gasteiger partial charge in [0, 0.05) is 17.3 Å². The van der Waals surface area contributed by atoms with Crippen LogP contribution in [0.25, 0.3) is 77.9 Å². The summed E-state index contributed by atoms with van der Waals surface area (Å²) in [6.45, 7) is 0. The van der Waals surface area contributed by atoms with Gasteiger partial charge in [-0.05, 0) is 74.1 Å². The number of nitrogens with zero attached hydrogens (tertiary/aromatic N) is 3. The summed E-state index contributed by atoms with van der Waals surface area (Å²) in [5.41, 5.74) is 9.95. The zero-order valence-corrected chi connectivity index (χ0v) is 25.7. The molecule has 6 nitrogen and oxygen atoms in total. The number of rotatable bonds is 6. The predicted octanol–water partition coefficient (Wildman–Crippen LogP) is 10.2. The van der Waals surface area contributed by atoms with Gasteiger partial charge in [-0.25, -0.2) is 15.0 Å². The van der Waals surface area contributed by atoms with Gasteiger partial charge in [0.15, 0.2) is 0 Å². The SMILES string of the molecule is C1=COC(c2cccc(-c3c4ccccc4c(-c4cccc(-c5ncco5)n4)c4ccc(-c5ccc(-c6ccccc6)cc5)cc34)n2)N1. The third-order valence-electron chi connectivity index (χ3n) is 8.83. The largest absolute Gasteiger partial charge is 0.471 e. The molecule has 48 heavy (non-hydrogen) atoms. The molecule has 6 heteroatoms. The Morgan fingerprint density at radius 1 is 0.521 bits per heavy atom. The Hall–Kier alpha value is -6.53. The molecule has 9 rings (SSSR count). The fourth-order valence-electron chi connectivity index (χ4n) is 6.61. The van der Waals surface area contributed by atoms with E-state index in [0.717, 1.165) is 60.9 Å². The maximum absolute atomic E-state index is 5.77. The second kappa shape index (κ2) is 11.7. The van der Waals surface area contributed by atoms with Crippen LogP contribution in [0.15, 0.2) is 163 Å². The minimum absolute atomic E-state index is 0.331. The predicted molar refractivity (Wildman–Crippen MR) is 190 cm³/mol. The number of pyridine rings is 2. The lowest BCUT2D eigenvalue weighted by molar-refractivity contribution is 0.150. The third-order valence-corrected chi connectivity index (χ3v) is 8.83. The number of benzene rings is 5. The van der Waals surface area contributed by atoms with Gasteiger partial charge in [0.1, 0.15) is 23.9 Å². The van der Waals surface area contributed by atoms with Crippen molar-refractivity contribution in [1.82, 2.24) is 20.3 Å². The van der Waals surface area contributed by atoms with Crippen molar-refractivity contribution in [2.45, 2.75) is 6.23 Å². The first-order valence-corrected chi connectivity index (χ1v) is 15.9. The van der Waals surface area contributed by atoms with E-state index in [0.29, 0.717) is 11.6 Å². The summed E-state index contributed by atoms with van der Waals surface area (Å²) in [6, 6.07) is 46.5. The molecule has 4 heterocycles. The van der Waals surface area contributed by atoms with Gasteiger partial charge < -0.3 is 14.5 Å². The molecule has 3 aromatic heterocycles. The van der Waals surface area contributed by atoms with Crippen LogP contribution in [0, 0.1) is 0 Å². The zero-order chi connectivity index (χ0) is 31.9. The first-order chi connectivity index (χ1) is 23.8. The Labute approximate surface area is 277 Å². The molecule has 0 aliphatic carbocycles. The standard InChI is InChI=1S/C42H28N4O2/c1-2-8-27(9-3-1)28-16-18-29(19-17-28)30-20-21-33-34(26-30)40(36-13-7-15-38(46-36)42-44-23-25-48-42)32-11-5-4-10-31(32)39(33)35-12-6-14-37(45-35)41-43-22-24-47-41/h1-26,42,44H. The van der Waals surface area contributed by atoms with Gasteiger partial charge in [0.2, 0.25) is 12.1 Å². The van der Waals surface area contributed by atoms with Crippen LogP contribution in [-0.4, -0.2) is 15.0 Å². The first-order valence-electron chi connectivity index (χ1n) is 15.9. The molecule has 1 unspecified atom stereocenters. The van der Waals surface area contributed by atoms with Crippen molar-refractivity contribution in [3.63, 3.8) is 0 Å². The summed E-state index contributed by atoms with van der Waals surface area (Å²) in [7, 11) is 0. The molecule has 1 N–H and O–H groups in total. The van der Waals surface area contributed by atoms with E-state index in [1.54, 1.807) is 24.9 Å². The molecular formula is C42H28N4O2. The van der Waals surface area contributed by atoms with Crippen LogP contribution in [0.4, 0.5) is 0 Å². The van der Waals surface area contributed by atoms with Crippen molar-refractivity contribution in [3.05, 3.63) is 164 Å². The molecule has 5 aromatic carbocycles. The average molecular weight is 621 g/mol. The Kier molecular flexibility index (Phi) is 6.75. The van der Waals surface area contributed by atoms with Crippen molar-refractivity contribution >= 4 is 21.5 Å². The monoisotopic (exact) mass is 620 g/mol. The van der Waals surface area contributed by atoms with Crippen molar-refractivity contribution in [3.8, 4) is 56.4 Å². The second-order valence-corrected chi connectivity index (χ2v) is 11.7. The highest BCUT2D eigenvalue weighted by molar-refractivity contribution is 6.21. The molecule has 1 aliphatic rings. The smallest absolute Gasteiger partial charge is 0.245 e. The van der Waals surface area contributed by atoms with Crippen LogP contribution in [-0.2, 0) is 4.74 Å². The van der Waals surface area contributed by atoms with Gasteiger partial charge in [-0.15, -0.1) is 0 Å². The van der Waals surface area contributed by atoms with Crippen LogP contribution in [0.3, 0.4) is 0 Å². The summed E-state index contributed by atoms with van der Waals surface area (Å²) in [4.78, 5) is 14.6. The zero-order valence-electron chi connectivity index (χ0n) is 25.7. The van der Waals surface area contributed by atoms with Crippen LogP contribution < -0.4 is 5.32 Å². The summed E-state index contributed by atoms with van der Waals surface area (Å²) in [5.74, 6) is 0.488. The van der Waals surface area contributed by atoms with E-state index in [9.17, 15) is 0 Å². The summed E-state index contributed by atoms with van der Waals surface area (Å²) in [6.07, 6.45) is 6.34. The maximum Gasteiger partial charge on any atom is 0.245 e. The van der Waals surface area contributed by atoms with Crippen LogP contribution in [0.5, 0.6) is 0 Å². The highest BCUT2D eigenvalue weighted by Gasteiger charge is 2.21. The molecule has 1 aliphatic heterocycles. The number of fused-ring (bicyclic) bond motifs is 2. The topological polar surface area (TPSA) is 73.1 Å². The van der Waals surface area contributed by atoms with E-state index in [1.807, 2.05) is 30.3 Å².